The first-order chi connectivity index (χ1) is 13.2. The number of pyridine rings is 1. The molecular weight excluding hydrogens is 361 g/mol. The fraction of sp³-hybridized carbons (Fsp3) is 0.150. The number of thioether (sulfide) groups is 1. The van der Waals surface area contributed by atoms with Gasteiger partial charge in [-0.1, -0.05) is 12.2 Å². The molecule has 0 aliphatic carbocycles. The van der Waals surface area contributed by atoms with Gasteiger partial charge in [-0.05, 0) is 47.4 Å². The highest BCUT2D eigenvalue weighted by molar-refractivity contribution is 8.02. The second-order valence-corrected chi connectivity index (χ2v) is 7.03. The molecule has 0 saturated carbocycles. The number of nitrogens with one attached hydrogen (secondary N) is 1. The van der Waals surface area contributed by atoms with Crippen molar-refractivity contribution in [2.45, 2.75) is 6.04 Å². The minimum atomic E-state index is -0.286. The van der Waals surface area contributed by atoms with E-state index in [2.05, 4.69) is 26.8 Å². The number of benzene rings is 1. The van der Waals surface area contributed by atoms with Gasteiger partial charge >= 0.3 is 0 Å². The van der Waals surface area contributed by atoms with Crippen molar-refractivity contribution in [2.24, 2.45) is 9.98 Å². The molecule has 0 bridgehead atoms. The summed E-state index contributed by atoms with van der Waals surface area (Å²) in [6, 6.07) is 9.66. The van der Waals surface area contributed by atoms with Crippen LogP contribution in [0.1, 0.15) is 11.1 Å². The molecule has 3 N–H and O–H groups in total. The Kier molecular flexibility index (Phi) is 4.77. The van der Waals surface area contributed by atoms with Crippen LogP contribution in [0.25, 0.3) is 0 Å². The summed E-state index contributed by atoms with van der Waals surface area (Å²) < 4.78 is 13.4. The zero-order valence-electron chi connectivity index (χ0n) is 14.7. The molecule has 1 aromatic heterocycles. The lowest BCUT2D eigenvalue weighted by molar-refractivity contribution is 0.628. The molecule has 1 aromatic carbocycles. The summed E-state index contributed by atoms with van der Waals surface area (Å²) in [6.07, 6.45) is 4.08. The highest BCUT2D eigenvalue weighted by atomic mass is 32.2. The van der Waals surface area contributed by atoms with Gasteiger partial charge in [-0.15, -0.1) is 11.8 Å². The minimum absolute atomic E-state index is 0.275. The van der Waals surface area contributed by atoms with Gasteiger partial charge in [-0.25, -0.2) is 9.37 Å². The number of nitrogens with two attached hydrogens (primary N) is 1. The number of nitrogens with zero attached hydrogens (tertiary/aromatic N) is 3. The third kappa shape index (κ3) is 3.50. The molecule has 3 heterocycles. The van der Waals surface area contributed by atoms with Crippen LogP contribution in [0.5, 0.6) is 0 Å². The summed E-state index contributed by atoms with van der Waals surface area (Å²) >= 11 is 1.72. The summed E-state index contributed by atoms with van der Waals surface area (Å²) in [5, 5.41) is 5.36. The van der Waals surface area contributed by atoms with Crippen LogP contribution in [-0.2, 0) is 0 Å². The molecule has 0 radical (unpaired) electrons. The van der Waals surface area contributed by atoms with Crippen molar-refractivity contribution >= 4 is 34.9 Å². The van der Waals surface area contributed by atoms with Crippen molar-refractivity contribution in [1.29, 1.82) is 0 Å². The summed E-state index contributed by atoms with van der Waals surface area (Å²) in [5.74, 6) is 2.25. The zero-order chi connectivity index (χ0) is 18.8. The predicted octanol–water partition coefficient (Wildman–Crippen LogP) is 3.65. The van der Waals surface area contributed by atoms with Crippen molar-refractivity contribution in [3.8, 4) is 0 Å². The fourth-order valence-electron chi connectivity index (χ4n) is 3.07. The summed E-state index contributed by atoms with van der Waals surface area (Å²) in [4.78, 5) is 13.9. The molecule has 27 heavy (non-hydrogen) atoms. The number of hydrogen-bond acceptors (Lipinski definition) is 5. The van der Waals surface area contributed by atoms with Crippen molar-refractivity contribution < 1.29 is 4.39 Å². The molecule has 7 heteroatoms. The van der Waals surface area contributed by atoms with Gasteiger partial charge in [0.15, 0.2) is 0 Å². The number of halogens is 1. The Hall–Kier alpha value is -2.93. The number of anilines is 2. The van der Waals surface area contributed by atoms with Gasteiger partial charge in [0.25, 0.3) is 0 Å². The van der Waals surface area contributed by atoms with Crippen LogP contribution in [0.4, 0.5) is 16.0 Å². The van der Waals surface area contributed by atoms with Crippen LogP contribution in [0, 0.1) is 5.82 Å². The Balaban J connectivity index is 1.92. The van der Waals surface area contributed by atoms with E-state index in [9.17, 15) is 4.39 Å². The smallest absolute Gasteiger partial charge is 0.143 e. The topological polar surface area (TPSA) is 75.7 Å². The number of rotatable bonds is 2. The third-order valence-corrected chi connectivity index (χ3v) is 5.23. The fourth-order valence-corrected chi connectivity index (χ4v) is 3.80. The Labute approximate surface area is 161 Å². The molecule has 2 aliphatic rings. The van der Waals surface area contributed by atoms with E-state index < -0.39 is 0 Å². The highest BCUT2D eigenvalue weighted by Gasteiger charge is 2.28. The lowest BCUT2D eigenvalue weighted by atomic mass is 10.0. The largest absolute Gasteiger partial charge is 0.384 e. The van der Waals surface area contributed by atoms with E-state index in [1.807, 2.05) is 12.1 Å². The van der Waals surface area contributed by atoms with Gasteiger partial charge in [0.2, 0.25) is 0 Å². The zero-order valence-corrected chi connectivity index (χ0v) is 15.5. The Morgan fingerprint density at radius 3 is 2.74 bits per heavy atom. The van der Waals surface area contributed by atoms with Crippen molar-refractivity contribution in [1.82, 2.24) is 4.98 Å². The maximum absolute atomic E-state index is 13.4. The number of nitrogen functional groups attached to an aromatic ring is 1. The summed E-state index contributed by atoms with van der Waals surface area (Å²) in [6.45, 7) is 0. The van der Waals surface area contributed by atoms with E-state index in [-0.39, 0.29) is 11.9 Å². The maximum atomic E-state index is 13.4. The van der Waals surface area contributed by atoms with Crippen molar-refractivity contribution in [3.05, 3.63) is 76.5 Å². The summed E-state index contributed by atoms with van der Waals surface area (Å²) in [5.41, 5.74) is 9.38. The van der Waals surface area contributed by atoms with E-state index in [0.29, 0.717) is 17.5 Å². The monoisotopic (exact) mass is 379 g/mol. The number of aromatic nitrogens is 1. The van der Waals surface area contributed by atoms with E-state index in [4.69, 9.17) is 10.7 Å². The molecule has 4 rings (SSSR count). The molecule has 136 valence electrons. The number of allylic oxidation sites excluding steroid dienone is 2. The quantitative estimate of drug-likeness (QED) is 0.835. The van der Waals surface area contributed by atoms with Gasteiger partial charge in [0, 0.05) is 23.9 Å². The average Bonchev–Trinajstić information content (AvgIpc) is 2.85. The van der Waals surface area contributed by atoms with Gasteiger partial charge in [0.05, 0.1) is 5.71 Å². The van der Waals surface area contributed by atoms with Crippen LogP contribution < -0.4 is 11.1 Å². The van der Waals surface area contributed by atoms with Gasteiger partial charge in [0.1, 0.15) is 29.3 Å². The first kappa shape index (κ1) is 17.5. The Morgan fingerprint density at radius 2 is 2.04 bits per heavy atom. The molecule has 2 aliphatic heterocycles. The summed E-state index contributed by atoms with van der Waals surface area (Å²) in [7, 11) is 1.73. The normalized spacial score (nSPS) is 20.4. The first-order valence-electron chi connectivity index (χ1n) is 8.47. The minimum Gasteiger partial charge on any atom is -0.384 e. The Bertz CT molecular complexity index is 992. The van der Waals surface area contributed by atoms with Crippen LogP contribution in [-0.4, -0.2) is 35.4 Å². The van der Waals surface area contributed by atoms with Crippen molar-refractivity contribution in [2.75, 3.05) is 23.9 Å². The molecule has 0 saturated heterocycles. The molecular formula is C20H18FN5S. The van der Waals surface area contributed by atoms with Gasteiger partial charge < -0.3 is 11.1 Å². The lowest BCUT2D eigenvalue weighted by Crippen LogP contribution is -2.29. The van der Waals surface area contributed by atoms with E-state index >= 15 is 0 Å². The van der Waals surface area contributed by atoms with E-state index in [0.717, 1.165) is 28.2 Å². The first-order valence-corrected chi connectivity index (χ1v) is 9.52. The molecule has 1 unspecified atom stereocenters. The van der Waals surface area contributed by atoms with E-state index in [1.54, 1.807) is 37.0 Å². The van der Waals surface area contributed by atoms with E-state index in [1.165, 1.54) is 12.1 Å². The number of hydrogen-bond donors (Lipinski definition) is 2. The second kappa shape index (κ2) is 7.36. The molecule has 0 fully saturated rings. The maximum Gasteiger partial charge on any atom is 0.143 e. The van der Waals surface area contributed by atoms with Crippen molar-refractivity contribution in [3.63, 3.8) is 0 Å². The number of fused-ring (bicyclic) bond motifs is 1. The van der Waals surface area contributed by atoms with Crippen LogP contribution >= 0.6 is 11.8 Å². The molecule has 0 spiro atoms. The molecule has 0 amide bonds. The third-order valence-electron chi connectivity index (χ3n) is 4.38. The van der Waals surface area contributed by atoms with Crippen LogP contribution in [0.15, 0.2) is 69.5 Å². The SMILES string of the molecule is CN=C1Nc2nc(N)ccc2C(c2ccc(F)cc2)=NC1C1=CC=CSC1. The Morgan fingerprint density at radius 1 is 1.22 bits per heavy atom. The molecule has 5 nitrogen and oxygen atoms in total. The molecule has 2 aromatic rings. The predicted molar refractivity (Wildman–Crippen MR) is 111 cm³/mol. The average molecular weight is 379 g/mol. The van der Waals surface area contributed by atoms with Gasteiger partial charge in [-0.3, -0.25) is 9.98 Å². The van der Waals surface area contributed by atoms with Crippen LogP contribution in [0.3, 0.4) is 0 Å². The second-order valence-electron chi connectivity index (χ2n) is 6.13. The lowest BCUT2D eigenvalue weighted by Gasteiger charge is -2.19. The highest BCUT2D eigenvalue weighted by Crippen LogP contribution is 2.28. The number of amidine groups is 1. The molecule has 1 atom stereocenters. The number of aliphatic imine (C=N–C) groups is 2. The van der Waals surface area contributed by atoms with Gasteiger partial charge in [-0.2, -0.15) is 0 Å². The standard InChI is InChI=1S/C20H18FN5S/c1-23-20-18(13-3-2-10-27-11-13)25-17(12-4-6-14(21)7-5-12)15-8-9-16(22)24-19(15)26-20/h2-10,18H,11H2,1H3,(H3,22,23,24,26). The van der Waals surface area contributed by atoms with Crippen LogP contribution in [0.2, 0.25) is 0 Å².